The molecule has 0 bridgehead atoms. The van der Waals surface area contributed by atoms with Crippen molar-refractivity contribution in [2.75, 3.05) is 5.32 Å². The van der Waals surface area contributed by atoms with E-state index in [1.165, 1.54) is 18.3 Å². The van der Waals surface area contributed by atoms with Crippen LogP contribution in [0.2, 0.25) is 5.02 Å². The van der Waals surface area contributed by atoms with Crippen LogP contribution in [0.3, 0.4) is 0 Å². The van der Waals surface area contributed by atoms with E-state index in [4.69, 9.17) is 16.3 Å². The first kappa shape index (κ1) is 24.9. The summed E-state index contributed by atoms with van der Waals surface area (Å²) in [5, 5.41) is 11.6. The van der Waals surface area contributed by atoms with E-state index in [1.54, 1.807) is 4.57 Å². The van der Waals surface area contributed by atoms with E-state index in [0.717, 1.165) is 31.9 Å². The number of imidazole rings is 1. The summed E-state index contributed by atoms with van der Waals surface area (Å²) in [6.07, 6.45) is -3.95. The normalized spacial score (nSPS) is 14.6. The molecule has 1 amide bonds. The predicted molar refractivity (Wildman–Crippen MR) is 117 cm³/mol. The van der Waals surface area contributed by atoms with Crippen molar-refractivity contribution in [3.63, 3.8) is 0 Å². The molecule has 35 heavy (non-hydrogen) atoms. The van der Waals surface area contributed by atoms with Gasteiger partial charge in [0, 0.05) is 17.8 Å². The van der Waals surface area contributed by atoms with Crippen molar-refractivity contribution in [3.8, 4) is 17.0 Å². The average Bonchev–Trinajstić information content (AvgIpc) is 3.55. The van der Waals surface area contributed by atoms with Gasteiger partial charge in [-0.1, -0.05) is 17.7 Å². The van der Waals surface area contributed by atoms with Crippen molar-refractivity contribution in [3.05, 3.63) is 64.6 Å². The van der Waals surface area contributed by atoms with E-state index < -0.39 is 53.4 Å². The molecule has 1 atom stereocenters. The third kappa shape index (κ3) is 5.25. The van der Waals surface area contributed by atoms with Crippen molar-refractivity contribution in [2.24, 2.45) is 0 Å². The van der Waals surface area contributed by atoms with E-state index >= 15 is 4.39 Å². The maximum atomic E-state index is 15.1. The zero-order chi connectivity index (χ0) is 25.5. The Hall–Kier alpha value is -3.18. The molecule has 0 spiro atoms. The molecule has 186 valence electrons. The molecule has 6 nitrogen and oxygen atoms in total. The first-order chi connectivity index (χ1) is 16.5. The summed E-state index contributed by atoms with van der Waals surface area (Å²) in [7, 11) is 0. The number of rotatable bonds is 7. The molecule has 1 saturated carbocycles. The van der Waals surface area contributed by atoms with Crippen LogP contribution in [0.1, 0.15) is 42.0 Å². The first-order valence-electron chi connectivity index (χ1n) is 10.5. The molecule has 1 heterocycles. The number of anilines is 1. The molecule has 1 aromatic heterocycles. The van der Waals surface area contributed by atoms with Crippen molar-refractivity contribution in [1.29, 1.82) is 0 Å². The van der Waals surface area contributed by atoms with Gasteiger partial charge in [0.2, 0.25) is 0 Å². The van der Waals surface area contributed by atoms with Gasteiger partial charge in [0.05, 0.1) is 22.0 Å². The topological polar surface area (TPSA) is 76.4 Å². The van der Waals surface area contributed by atoms with Gasteiger partial charge < -0.3 is 19.7 Å². The van der Waals surface area contributed by atoms with E-state index in [1.807, 2.05) is 0 Å². The van der Waals surface area contributed by atoms with Crippen LogP contribution in [-0.2, 0) is 6.61 Å². The fourth-order valence-corrected chi connectivity index (χ4v) is 3.64. The van der Waals surface area contributed by atoms with Crippen molar-refractivity contribution in [2.45, 2.75) is 44.7 Å². The van der Waals surface area contributed by atoms with Crippen LogP contribution in [0.15, 0.2) is 36.5 Å². The zero-order valence-corrected chi connectivity index (χ0v) is 18.9. The van der Waals surface area contributed by atoms with Gasteiger partial charge in [-0.15, -0.1) is 0 Å². The molecule has 2 N–H and O–H groups in total. The molecule has 0 aliphatic heterocycles. The lowest BCUT2D eigenvalue weighted by Gasteiger charge is -2.20. The minimum absolute atomic E-state index is 0.0482. The smallest absolute Gasteiger partial charge is 0.425 e. The quantitative estimate of drug-likeness (QED) is 0.385. The Labute approximate surface area is 201 Å². The lowest BCUT2D eigenvalue weighted by Crippen LogP contribution is -2.32. The minimum Gasteiger partial charge on any atom is -0.480 e. The Morgan fingerprint density at radius 1 is 1.29 bits per heavy atom. The number of halogens is 6. The summed E-state index contributed by atoms with van der Waals surface area (Å²) in [5.74, 6) is -3.33. The number of para-hydroxylation sites is 1. The standard InChI is InChI=1S/C23H19ClF5N3O3/c1-11(23(27,28)29)35-19-8-13(18-9-32(12-5-6-12)20(10-33)30-18)17(26)7-14(19)22(34)31-21-15(24)3-2-4-16(21)25/h2-4,7-9,11-12,33H,5-6,10H2,1H3,(H,31,34)/t11-/m0/s1. The molecule has 1 aliphatic carbocycles. The number of ether oxygens (including phenoxy) is 1. The average molecular weight is 516 g/mol. The van der Waals surface area contributed by atoms with E-state index in [2.05, 4.69) is 10.3 Å². The lowest BCUT2D eigenvalue weighted by atomic mass is 10.1. The second-order valence-electron chi connectivity index (χ2n) is 8.02. The first-order valence-corrected chi connectivity index (χ1v) is 10.9. The maximum absolute atomic E-state index is 15.1. The molecule has 4 rings (SSSR count). The molecule has 12 heteroatoms. The van der Waals surface area contributed by atoms with E-state index in [9.17, 15) is 27.5 Å². The maximum Gasteiger partial charge on any atom is 0.425 e. The lowest BCUT2D eigenvalue weighted by molar-refractivity contribution is -0.189. The van der Waals surface area contributed by atoms with Crippen LogP contribution in [0.25, 0.3) is 11.3 Å². The van der Waals surface area contributed by atoms with Crippen molar-refractivity contribution in [1.82, 2.24) is 9.55 Å². The summed E-state index contributed by atoms with van der Waals surface area (Å²) in [5.41, 5.74) is -1.21. The highest BCUT2D eigenvalue weighted by Gasteiger charge is 2.39. The molecule has 3 aromatic rings. The Kier molecular flexibility index (Phi) is 6.74. The molecular weight excluding hydrogens is 497 g/mol. The van der Waals surface area contributed by atoms with Crippen LogP contribution < -0.4 is 10.1 Å². The molecule has 1 fully saturated rings. The highest BCUT2D eigenvalue weighted by atomic mass is 35.5. The van der Waals surface area contributed by atoms with Crippen LogP contribution in [0.4, 0.5) is 27.6 Å². The number of amides is 1. The number of carbonyl (C=O) groups excluding carboxylic acids is 1. The summed E-state index contributed by atoms with van der Waals surface area (Å²) in [6, 6.07) is 5.31. The number of aliphatic hydroxyl groups is 1. The van der Waals surface area contributed by atoms with Gasteiger partial charge >= 0.3 is 6.18 Å². The summed E-state index contributed by atoms with van der Waals surface area (Å²) in [4.78, 5) is 17.0. The van der Waals surface area contributed by atoms with Crippen LogP contribution >= 0.6 is 11.6 Å². The number of aliphatic hydroxyl groups excluding tert-OH is 1. The second kappa shape index (κ2) is 9.46. The molecule has 0 unspecified atom stereocenters. The van der Waals surface area contributed by atoms with E-state index in [0.29, 0.717) is 6.07 Å². The number of hydrogen-bond acceptors (Lipinski definition) is 4. The Balaban J connectivity index is 1.77. The molecule has 0 saturated heterocycles. The fourth-order valence-electron chi connectivity index (χ4n) is 3.43. The zero-order valence-electron chi connectivity index (χ0n) is 18.2. The number of nitrogens with one attached hydrogen (secondary N) is 1. The van der Waals surface area contributed by atoms with Crippen LogP contribution in [0, 0.1) is 11.6 Å². The predicted octanol–water partition coefficient (Wildman–Crippen LogP) is 5.89. The van der Waals surface area contributed by atoms with Crippen LogP contribution in [-0.4, -0.2) is 32.8 Å². The monoisotopic (exact) mass is 515 g/mol. The molecule has 2 aromatic carbocycles. The summed E-state index contributed by atoms with van der Waals surface area (Å²) >= 11 is 5.90. The largest absolute Gasteiger partial charge is 0.480 e. The van der Waals surface area contributed by atoms with Crippen molar-refractivity contribution >= 4 is 23.2 Å². The Morgan fingerprint density at radius 2 is 2.00 bits per heavy atom. The van der Waals surface area contributed by atoms with Gasteiger partial charge in [0.25, 0.3) is 5.91 Å². The molecule has 0 radical (unpaired) electrons. The van der Waals surface area contributed by atoms with Gasteiger partial charge in [-0.25, -0.2) is 13.8 Å². The number of benzene rings is 2. The molecular formula is C23H19ClF5N3O3. The van der Waals surface area contributed by atoms with Gasteiger partial charge in [-0.2, -0.15) is 13.2 Å². The number of alkyl halides is 3. The minimum atomic E-state index is -4.78. The highest BCUT2D eigenvalue weighted by molar-refractivity contribution is 6.34. The Bertz CT molecular complexity index is 1250. The number of nitrogens with zero attached hydrogens (tertiary/aromatic N) is 2. The third-order valence-corrected chi connectivity index (χ3v) is 5.76. The van der Waals surface area contributed by atoms with Gasteiger partial charge in [-0.3, -0.25) is 4.79 Å². The summed E-state index contributed by atoms with van der Waals surface area (Å²) < 4.78 is 75.6. The second-order valence-corrected chi connectivity index (χ2v) is 8.43. The highest BCUT2D eigenvalue weighted by Crippen LogP contribution is 2.39. The molecule has 1 aliphatic rings. The SMILES string of the molecule is C[C@H](Oc1cc(-c2cn(C3CC3)c(CO)n2)c(F)cc1C(=O)Nc1c(F)cccc1Cl)C(F)(F)F. The van der Waals surface area contributed by atoms with Gasteiger partial charge in [0.15, 0.2) is 6.10 Å². The number of aromatic nitrogens is 2. The van der Waals surface area contributed by atoms with E-state index in [-0.39, 0.29) is 28.1 Å². The number of hydrogen-bond donors (Lipinski definition) is 2. The number of carbonyl (C=O) groups is 1. The fraction of sp³-hybridized carbons (Fsp3) is 0.304. The Morgan fingerprint density at radius 3 is 2.60 bits per heavy atom. The van der Waals surface area contributed by atoms with Gasteiger partial charge in [0.1, 0.15) is 29.8 Å². The van der Waals surface area contributed by atoms with Crippen LogP contribution in [0.5, 0.6) is 5.75 Å². The van der Waals surface area contributed by atoms with Crippen molar-refractivity contribution < 1.29 is 36.6 Å². The third-order valence-electron chi connectivity index (χ3n) is 5.45. The van der Waals surface area contributed by atoms with Gasteiger partial charge in [-0.05, 0) is 44.0 Å². The summed E-state index contributed by atoms with van der Waals surface area (Å²) in [6.45, 7) is 0.306.